The molecule has 0 aliphatic heterocycles. The summed E-state index contributed by atoms with van der Waals surface area (Å²) in [6.45, 7) is 0.739. The van der Waals surface area contributed by atoms with Crippen LogP contribution in [-0.2, 0) is 11.2 Å². The number of carbonyl (C=O) groups excluding carboxylic acids is 1. The third-order valence-electron chi connectivity index (χ3n) is 3.47. The summed E-state index contributed by atoms with van der Waals surface area (Å²) >= 11 is 5.95. The molecule has 1 aromatic heterocycles. The van der Waals surface area contributed by atoms with Crippen molar-refractivity contribution < 1.29 is 4.79 Å². The molecule has 1 aromatic carbocycles. The van der Waals surface area contributed by atoms with Crippen LogP contribution in [0, 0.1) is 5.92 Å². The number of benzene rings is 1. The lowest BCUT2D eigenvalue weighted by Gasteiger charge is -2.07. The zero-order valence-corrected chi connectivity index (χ0v) is 12.8. The van der Waals surface area contributed by atoms with E-state index in [9.17, 15) is 4.79 Å². The van der Waals surface area contributed by atoms with E-state index in [1.807, 2.05) is 30.3 Å². The maximum absolute atomic E-state index is 11.6. The van der Waals surface area contributed by atoms with Gasteiger partial charge >= 0.3 is 0 Å². The van der Waals surface area contributed by atoms with Crippen molar-refractivity contribution in [3.8, 4) is 0 Å². The fourth-order valence-electron chi connectivity index (χ4n) is 2.09. The van der Waals surface area contributed by atoms with Gasteiger partial charge in [0.25, 0.3) is 0 Å². The number of halogens is 1. The Morgan fingerprint density at radius 1 is 1.18 bits per heavy atom. The Kier molecular flexibility index (Phi) is 4.53. The molecule has 2 N–H and O–H groups in total. The highest BCUT2D eigenvalue weighted by molar-refractivity contribution is 6.30. The van der Waals surface area contributed by atoms with Crippen LogP contribution in [0.15, 0.2) is 36.4 Å². The second-order valence-corrected chi connectivity index (χ2v) is 5.81. The SMILES string of the molecule is O=C(Nc1ccc(NCCc2cccc(Cl)c2)nn1)C1CC1. The number of carbonyl (C=O) groups is 1. The molecule has 0 atom stereocenters. The van der Waals surface area contributed by atoms with E-state index in [0.717, 1.165) is 30.8 Å². The molecular formula is C16H17ClN4O. The minimum Gasteiger partial charge on any atom is -0.368 e. The van der Waals surface area contributed by atoms with E-state index in [1.165, 1.54) is 5.56 Å². The van der Waals surface area contributed by atoms with Crippen molar-refractivity contribution in [3.63, 3.8) is 0 Å². The van der Waals surface area contributed by atoms with Crippen LogP contribution in [0.3, 0.4) is 0 Å². The summed E-state index contributed by atoms with van der Waals surface area (Å²) < 4.78 is 0. The van der Waals surface area contributed by atoms with E-state index < -0.39 is 0 Å². The van der Waals surface area contributed by atoms with Crippen molar-refractivity contribution in [1.82, 2.24) is 10.2 Å². The van der Waals surface area contributed by atoms with Crippen LogP contribution in [0.2, 0.25) is 5.02 Å². The van der Waals surface area contributed by atoms with E-state index >= 15 is 0 Å². The Balaban J connectivity index is 1.47. The van der Waals surface area contributed by atoms with E-state index in [-0.39, 0.29) is 11.8 Å². The van der Waals surface area contributed by atoms with Crippen molar-refractivity contribution >= 4 is 29.1 Å². The average molecular weight is 317 g/mol. The zero-order valence-electron chi connectivity index (χ0n) is 12.1. The topological polar surface area (TPSA) is 66.9 Å². The molecule has 1 fully saturated rings. The van der Waals surface area contributed by atoms with E-state index in [1.54, 1.807) is 6.07 Å². The molecule has 0 unspecified atom stereocenters. The molecule has 0 bridgehead atoms. The molecule has 2 aromatic rings. The summed E-state index contributed by atoms with van der Waals surface area (Å²) in [5.41, 5.74) is 1.17. The zero-order chi connectivity index (χ0) is 15.4. The molecule has 1 aliphatic rings. The lowest BCUT2D eigenvalue weighted by molar-refractivity contribution is -0.117. The standard InChI is InChI=1S/C16H17ClN4O/c17-13-3-1-2-11(10-13)8-9-18-14-6-7-15(21-20-14)19-16(22)12-4-5-12/h1-3,6-7,10,12H,4-5,8-9H2,(H,18,20)(H,19,21,22). The number of nitrogens with zero attached hydrogens (tertiary/aromatic N) is 2. The van der Waals surface area contributed by atoms with Gasteiger partial charge in [-0.05, 0) is 49.1 Å². The largest absolute Gasteiger partial charge is 0.368 e. The molecule has 1 aliphatic carbocycles. The highest BCUT2D eigenvalue weighted by atomic mass is 35.5. The molecule has 1 heterocycles. The summed E-state index contributed by atoms with van der Waals surface area (Å²) in [6.07, 6.45) is 2.80. The number of rotatable bonds is 6. The van der Waals surface area contributed by atoms with Crippen molar-refractivity contribution in [2.24, 2.45) is 5.92 Å². The van der Waals surface area contributed by atoms with Crippen molar-refractivity contribution in [2.75, 3.05) is 17.2 Å². The van der Waals surface area contributed by atoms with Gasteiger partial charge in [-0.3, -0.25) is 4.79 Å². The molecule has 1 saturated carbocycles. The minimum absolute atomic E-state index is 0.0379. The molecule has 1 amide bonds. The average Bonchev–Trinajstić information content (AvgIpc) is 3.34. The molecule has 6 heteroatoms. The predicted molar refractivity (Wildman–Crippen MR) is 87.0 cm³/mol. The molecule has 5 nitrogen and oxygen atoms in total. The van der Waals surface area contributed by atoms with E-state index in [0.29, 0.717) is 11.6 Å². The van der Waals surface area contributed by atoms with Crippen LogP contribution in [-0.4, -0.2) is 22.6 Å². The molecule has 114 valence electrons. The van der Waals surface area contributed by atoms with Gasteiger partial charge in [0.2, 0.25) is 5.91 Å². The summed E-state index contributed by atoms with van der Waals surface area (Å²) in [5, 5.41) is 14.8. The van der Waals surface area contributed by atoms with Crippen molar-refractivity contribution in [1.29, 1.82) is 0 Å². The highest BCUT2D eigenvalue weighted by Crippen LogP contribution is 2.29. The van der Waals surface area contributed by atoms with Gasteiger partial charge in [0.1, 0.15) is 5.82 Å². The van der Waals surface area contributed by atoms with Gasteiger partial charge in [0, 0.05) is 17.5 Å². The first-order valence-electron chi connectivity index (χ1n) is 7.33. The summed E-state index contributed by atoms with van der Waals surface area (Å²) in [7, 11) is 0. The van der Waals surface area contributed by atoms with Crippen LogP contribution in [0.1, 0.15) is 18.4 Å². The maximum atomic E-state index is 11.6. The lowest BCUT2D eigenvalue weighted by Crippen LogP contribution is -2.15. The van der Waals surface area contributed by atoms with Gasteiger partial charge < -0.3 is 10.6 Å². The number of anilines is 2. The first-order valence-corrected chi connectivity index (χ1v) is 7.71. The first-order chi connectivity index (χ1) is 10.7. The van der Waals surface area contributed by atoms with E-state index in [2.05, 4.69) is 20.8 Å². The van der Waals surface area contributed by atoms with E-state index in [4.69, 9.17) is 11.6 Å². The van der Waals surface area contributed by atoms with Gasteiger partial charge in [-0.1, -0.05) is 23.7 Å². The normalized spacial score (nSPS) is 13.7. The Morgan fingerprint density at radius 3 is 2.64 bits per heavy atom. The molecule has 0 radical (unpaired) electrons. The summed E-state index contributed by atoms with van der Waals surface area (Å²) in [4.78, 5) is 11.6. The second-order valence-electron chi connectivity index (χ2n) is 5.37. The van der Waals surface area contributed by atoms with Gasteiger partial charge in [0.05, 0.1) is 0 Å². The summed E-state index contributed by atoms with van der Waals surface area (Å²) in [6, 6.07) is 11.4. The Bertz CT molecular complexity index is 655. The Morgan fingerprint density at radius 2 is 1.95 bits per heavy atom. The monoisotopic (exact) mass is 316 g/mol. The number of aromatic nitrogens is 2. The third-order valence-corrected chi connectivity index (χ3v) is 3.71. The van der Waals surface area contributed by atoms with Gasteiger partial charge in [-0.2, -0.15) is 0 Å². The van der Waals surface area contributed by atoms with Gasteiger partial charge in [-0.25, -0.2) is 0 Å². The smallest absolute Gasteiger partial charge is 0.228 e. The number of nitrogens with one attached hydrogen (secondary N) is 2. The fraction of sp³-hybridized carbons (Fsp3) is 0.312. The first kappa shape index (κ1) is 14.8. The number of amides is 1. The number of hydrogen-bond donors (Lipinski definition) is 2. The van der Waals surface area contributed by atoms with Crippen LogP contribution in [0.5, 0.6) is 0 Å². The molecular weight excluding hydrogens is 300 g/mol. The minimum atomic E-state index is 0.0379. The van der Waals surface area contributed by atoms with Crippen molar-refractivity contribution in [3.05, 3.63) is 47.0 Å². The van der Waals surface area contributed by atoms with Crippen LogP contribution < -0.4 is 10.6 Å². The van der Waals surface area contributed by atoms with Crippen molar-refractivity contribution in [2.45, 2.75) is 19.3 Å². The Hall–Kier alpha value is -2.14. The van der Waals surface area contributed by atoms with Crippen LogP contribution in [0.4, 0.5) is 11.6 Å². The van der Waals surface area contributed by atoms with Gasteiger partial charge in [-0.15, -0.1) is 10.2 Å². The van der Waals surface area contributed by atoms with Crippen LogP contribution >= 0.6 is 11.6 Å². The molecule has 0 saturated heterocycles. The van der Waals surface area contributed by atoms with Gasteiger partial charge in [0.15, 0.2) is 5.82 Å². The molecule has 3 rings (SSSR count). The highest BCUT2D eigenvalue weighted by Gasteiger charge is 2.29. The molecule has 22 heavy (non-hydrogen) atoms. The molecule has 0 spiro atoms. The van der Waals surface area contributed by atoms with Crippen LogP contribution in [0.25, 0.3) is 0 Å². The third kappa shape index (κ3) is 4.18. The predicted octanol–water partition coefficient (Wildman–Crippen LogP) is 3.13. The number of hydrogen-bond acceptors (Lipinski definition) is 4. The lowest BCUT2D eigenvalue weighted by atomic mass is 10.1. The Labute approximate surface area is 134 Å². The quantitative estimate of drug-likeness (QED) is 0.859. The summed E-state index contributed by atoms with van der Waals surface area (Å²) in [5.74, 6) is 1.39. The fourth-order valence-corrected chi connectivity index (χ4v) is 2.31. The maximum Gasteiger partial charge on any atom is 0.228 e. The second kappa shape index (κ2) is 6.75.